The van der Waals surface area contributed by atoms with Crippen LogP contribution in [0.4, 0.5) is 0 Å². The number of hydrogen-bond acceptors (Lipinski definition) is 4. The molecule has 0 aliphatic rings. The Balaban J connectivity index is 1.34. The van der Waals surface area contributed by atoms with Gasteiger partial charge in [-0.15, -0.1) is 0 Å². The van der Waals surface area contributed by atoms with Crippen molar-refractivity contribution in [1.82, 2.24) is 10.3 Å². The van der Waals surface area contributed by atoms with Gasteiger partial charge in [0.15, 0.2) is 0 Å². The average Bonchev–Trinajstić information content (AvgIpc) is 3.20. The number of nitrogens with one attached hydrogen (secondary N) is 1. The minimum atomic E-state index is -0.0942. The lowest BCUT2D eigenvalue weighted by Crippen LogP contribution is -2.25. The van der Waals surface area contributed by atoms with E-state index in [-0.39, 0.29) is 5.91 Å². The molecule has 0 aliphatic heterocycles. The third kappa shape index (κ3) is 5.43. The van der Waals surface area contributed by atoms with E-state index < -0.39 is 0 Å². The van der Waals surface area contributed by atoms with Crippen LogP contribution in [0.15, 0.2) is 83.3 Å². The molecule has 0 bridgehead atoms. The standard InChI is InChI=1S/C27H26N2O3/c1-19-8-14-24(15-9-19)31-18-25-20(2)32-27(29-25)23-12-10-22(11-13-23)26(30)28-17-16-21-6-4-3-5-7-21/h3-15H,16-18H2,1-2H3,(H,28,30). The number of ether oxygens (including phenoxy) is 1. The van der Waals surface area contributed by atoms with Gasteiger partial charge in [0, 0.05) is 17.7 Å². The van der Waals surface area contributed by atoms with Gasteiger partial charge in [0.2, 0.25) is 5.89 Å². The molecule has 0 atom stereocenters. The lowest BCUT2D eigenvalue weighted by molar-refractivity contribution is 0.0954. The molecule has 4 aromatic rings. The van der Waals surface area contributed by atoms with E-state index in [0.29, 0.717) is 24.6 Å². The summed E-state index contributed by atoms with van der Waals surface area (Å²) in [5.41, 5.74) is 4.56. The second-order valence-corrected chi connectivity index (χ2v) is 7.69. The topological polar surface area (TPSA) is 64.4 Å². The maximum Gasteiger partial charge on any atom is 0.251 e. The van der Waals surface area contributed by atoms with E-state index in [1.165, 1.54) is 11.1 Å². The van der Waals surface area contributed by atoms with E-state index in [1.807, 2.05) is 68.4 Å². The Morgan fingerprint density at radius 1 is 0.938 bits per heavy atom. The minimum Gasteiger partial charge on any atom is -0.487 e. The zero-order chi connectivity index (χ0) is 22.3. The summed E-state index contributed by atoms with van der Waals surface area (Å²) < 4.78 is 11.7. The minimum absolute atomic E-state index is 0.0942. The van der Waals surface area contributed by atoms with Crippen LogP contribution in [0.25, 0.3) is 11.5 Å². The summed E-state index contributed by atoms with van der Waals surface area (Å²) in [5.74, 6) is 1.93. The molecule has 162 valence electrons. The molecule has 0 unspecified atom stereocenters. The lowest BCUT2D eigenvalue weighted by Gasteiger charge is -2.06. The predicted octanol–water partition coefficient (Wildman–Crippen LogP) is 5.51. The van der Waals surface area contributed by atoms with Crippen molar-refractivity contribution in [3.05, 3.63) is 107 Å². The summed E-state index contributed by atoms with van der Waals surface area (Å²) >= 11 is 0. The van der Waals surface area contributed by atoms with Gasteiger partial charge < -0.3 is 14.5 Å². The SMILES string of the molecule is Cc1ccc(OCc2nc(-c3ccc(C(=O)NCCc4ccccc4)cc3)oc2C)cc1. The van der Waals surface area contributed by atoms with E-state index in [4.69, 9.17) is 9.15 Å². The first-order valence-electron chi connectivity index (χ1n) is 10.7. The molecule has 1 N–H and O–H groups in total. The highest BCUT2D eigenvalue weighted by Crippen LogP contribution is 2.23. The van der Waals surface area contributed by atoms with Crippen LogP contribution in [-0.4, -0.2) is 17.4 Å². The smallest absolute Gasteiger partial charge is 0.251 e. The van der Waals surface area contributed by atoms with Crippen molar-refractivity contribution < 1.29 is 13.9 Å². The van der Waals surface area contributed by atoms with Crippen LogP contribution in [0.5, 0.6) is 5.75 Å². The molecule has 5 nitrogen and oxygen atoms in total. The molecule has 3 aromatic carbocycles. The Morgan fingerprint density at radius 3 is 2.38 bits per heavy atom. The average molecular weight is 427 g/mol. The summed E-state index contributed by atoms with van der Waals surface area (Å²) in [6, 6.07) is 25.3. The van der Waals surface area contributed by atoms with Crippen LogP contribution in [0.3, 0.4) is 0 Å². The number of nitrogens with zero attached hydrogens (tertiary/aromatic N) is 1. The quantitative estimate of drug-likeness (QED) is 0.403. The fourth-order valence-corrected chi connectivity index (χ4v) is 3.30. The van der Waals surface area contributed by atoms with Gasteiger partial charge in [0.05, 0.1) is 0 Å². The van der Waals surface area contributed by atoms with E-state index in [2.05, 4.69) is 22.4 Å². The molecule has 0 saturated carbocycles. The molecule has 0 aliphatic carbocycles. The fraction of sp³-hybridized carbons (Fsp3) is 0.185. The second kappa shape index (κ2) is 9.96. The summed E-state index contributed by atoms with van der Waals surface area (Å²) in [6.45, 7) is 4.84. The number of carbonyl (C=O) groups excluding carboxylic acids is 1. The fourth-order valence-electron chi connectivity index (χ4n) is 3.30. The van der Waals surface area contributed by atoms with Crippen molar-refractivity contribution in [3.63, 3.8) is 0 Å². The van der Waals surface area contributed by atoms with E-state index in [0.717, 1.165) is 29.2 Å². The number of aromatic nitrogens is 1. The van der Waals surface area contributed by atoms with Gasteiger partial charge in [0.25, 0.3) is 5.91 Å². The van der Waals surface area contributed by atoms with Gasteiger partial charge in [0.1, 0.15) is 23.8 Å². The normalized spacial score (nSPS) is 10.7. The zero-order valence-electron chi connectivity index (χ0n) is 18.3. The van der Waals surface area contributed by atoms with Crippen molar-refractivity contribution in [2.75, 3.05) is 6.54 Å². The van der Waals surface area contributed by atoms with Crippen LogP contribution in [0, 0.1) is 13.8 Å². The van der Waals surface area contributed by atoms with E-state index >= 15 is 0 Å². The molecule has 1 aromatic heterocycles. The van der Waals surface area contributed by atoms with Crippen LogP contribution in [0.2, 0.25) is 0 Å². The second-order valence-electron chi connectivity index (χ2n) is 7.69. The van der Waals surface area contributed by atoms with Gasteiger partial charge in [-0.05, 0) is 62.2 Å². The van der Waals surface area contributed by atoms with Crippen molar-refractivity contribution >= 4 is 5.91 Å². The van der Waals surface area contributed by atoms with Crippen molar-refractivity contribution in [2.45, 2.75) is 26.9 Å². The molecule has 0 radical (unpaired) electrons. The molecule has 0 fully saturated rings. The lowest BCUT2D eigenvalue weighted by atomic mass is 10.1. The molecular weight excluding hydrogens is 400 g/mol. The Labute approximate surface area is 188 Å². The van der Waals surface area contributed by atoms with Crippen molar-refractivity contribution in [2.24, 2.45) is 0 Å². The number of aryl methyl sites for hydroxylation is 2. The van der Waals surface area contributed by atoms with Gasteiger partial charge >= 0.3 is 0 Å². The maximum absolute atomic E-state index is 12.4. The van der Waals surface area contributed by atoms with Crippen LogP contribution in [-0.2, 0) is 13.0 Å². The first kappa shape index (κ1) is 21.4. The monoisotopic (exact) mass is 426 g/mol. The molecule has 1 amide bonds. The van der Waals surface area contributed by atoms with E-state index in [9.17, 15) is 4.79 Å². The van der Waals surface area contributed by atoms with Crippen molar-refractivity contribution in [3.8, 4) is 17.2 Å². The number of oxazole rings is 1. The number of benzene rings is 3. The van der Waals surface area contributed by atoms with Crippen LogP contribution < -0.4 is 10.1 Å². The Morgan fingerprint density at radius 2 is 1.66 bits per heavy atom. The zero-order valence-corrected chi connectivity index (χ0v) is 18.3. The molecule has 0 spiro atoms. The number of carbonyl (C=O) groups is 1. The number of hydrogen-bond donors (Lipinski definition) is 1. The third-order valence-corrected chi connectivity index (χ3v) is 5.23. The molecular formula is C27H26N2O3. The molecule has 1 heterocycles. The summed E-state index contributed by atoms with van der Waals surface area (Å²) in [7, 11) is 0. The summed E-state index contributed by atoms with van der Waals surface area (Å²) in [6.07, 6.45) is 0.799. The van der Waals surface area contributed by atoms with Gasteiger partial charge in [-0.3, -0.25) is 4.79 Å². The highest BCUT2D eigenvalue weighted by molar-refractivity contribution is 5.94. The third-order valence-electron chi connectivity index (χ3n) is 5.23. The van der Waals surface area contributed by atoms with Crippen LogP contribution >= 0.6 is 0 Å². The van der Waals surface area contributed by atoms with Gasteiger partial charge in [-0.2, -0.15) is 0 Å². The molecule has 4 rings (SSSR count). The van der Waals surface area contributed by atoms with Crippen molar-refractivity contribution in [1.29, 1.82) is 0 Å². The summed E-state index contributed by atoms with van der Waals surface area (Å²) in [4.78, 5) is 17.0. The number of amides is 1. The number of rotatable bonds is 8. The summed E-state index contributed by atoms with van der Waals surface area (Å²) in [5, 5.41) is 2.96. The highest BCUT2D eigenvalue weighted by Gasteiger charge is 2.13. The van der Waals surface area contributed by atoms with Gasteiger partial charge in [-0.25, -0.2) is 4.98 Å². The largest absolute Gasteiger partial charge is 0.487 e. The first-order valence-corrected chi connectivity index (χ1v) is 10.7. The molecule has 32 heavy (non-hydrogen) atoms. The highest BCUT2D eigenvalue weighted by atomic mass is 16.5. The maximum atomic E-state index is 12.4. The van der Waals surface area contributed by atoms with Crippen LogP contribution in [0.1, 0.15) is 32.9 Å². The Bertz CT molecular complexity index is 1160. The Kier molecular flexibility index (Phi) is 6.66. The van der Waals surface area contributed by atoms with E-state index in [1.54, 1.807) is 12.1 Å². The van der Waals surface area contributed by atoms with Gasteiger partial charge in [-0.1, -0.05) is 48.0 Å². The first-order chi connectivity index (χ1) is 15.6. The Hall–Kier alpha value is -3.86. The molecule has 0 saturated heterocycles. The molecule has 5 heteroatoms. The predicted molar refractivity (Wildman–Crippen MR) is 125 cm³/mol.